The number of anilines is 1. The molecule has 7 heteroatoms. The summed E-state index contributed by atoms with van der Waals surface area (Å²) in [7, 11) is 1.57. The lowest BCUT2D eigenvalue weighted by atomic mass is 10.2. The molecule has 0 unspecified atom stereocenters. The van der Waals surface area contributed by atoms with Crippen molar-refractivity contribution in [2.75, 3.05) is 19.5 Å². The van der Waals surface area contributed by atoms with Crippen LogP contribution in [-0.2, 0) is 17.9 Å². The van der Waals surface area contributed by atoms with Gasteiger partial charge in [-0.05, 0) is 37.3 Å². The molecule has 28 heavy (non-hydrogen) atoms. The van der Waals surface area contributed by atoms with Gasteiger partial charge in [0.25, 0.3) is 5.91 Å². The van der Waals surface area contributed by atoms with E-state index in [1.165, 1.54) is 0 Å². The fourth-order valence-electron chi connectivity index (χ4n) is 2.68. The van der Waals surface area contributed by atoms with Crippen LogP contribution in [0.15, 0.2) is 53.0 Å². The number of amides is 1. The predicted octanol–water partition coefficient (Wildman–Crippen LogP) is 3.44. The molecule has 2 aromatic heterocycles. The smallest absolute Gasteiger partial charge is 0.255 e. The van der Waals surface area contributed by atoms with E-state index in [1.54, 1.807) is 19.2 Å². The van der Waals surface area contributed by atoms with Crippen LogP contribution < -0.4 is 15.8 Å². The number of pyridine rings is 1. The first-order valence-electron chi connectivity index (χ1n) is 8.89. The van der Waals surface area contributed by atoms with Gasteiger partial charge in [-0.3, -0.25) is 4.79 Å². The number of carbonyl (C=O) groups excluding carboxylic acids is 1. The standard InChI is InChI=1S/C21H23N3O4/c1-3-4-9-27-16-7-5-14-10-17(28-19(14)11-16)12-23-21(25)18-8-6-15(13-26-2)24-20(18)22/h3-8,10-11H,9,12-13H2,1-2H3,(H2,22,24)(H,23,25)/b4-3+. The highest BCUT2D eigenvalue weighted by Gasteiger charge is 2.13. The number of ether oxygens (including phenoxy) is 2. The average molecular weight is 381 g/mol. The number of hydrogen-bond acceptors (Lipinski definition) is 6. The Hall–Kier alpha value is -3.32. The third kappa shape index (κ3) is 4.69. The van der Waals surface area contributed by atoms with Gasteiger partial charge in [0.15, 0.2) is 0 Å². The van der Waals surface area contributed by atoms with Crippen molar-refractivity contribution < 1.29 is 18.7 Å². The first kappa shape index (κ1) is 19.4. The summed E-state index contributed by atoms with van der Waals surface area (Å²) in [6, 6.07) is 10.9. The van der Waals surface area contributed by atoms with Gasteiger partial charge < -0.3 is 24.9 Å². The molecule has 7 nitrogen and oxygen atoms in total. The first-order valence-corrected chi connectivity index (χ1v) is 8.89. The SMILES string of the molecule is C/C=C/COc1ccc2cc(CNC(=O)c3ccc(COC)nc3N)oc2c1. The third-order valence-corrected chi connectivity index (χ3v) is 4.07. The largest absolute Gasteiger partial charge is 0.489 e. The number of hydrogen-bond donors (Lipinski definition) is 2. The van der Waals surface area contributed by atoms with Gasteiger partial charge in [-0.15, -0.1) is 0 Å². The van der Waals surface area contributed by atoms with E-state index in [9.17, 15) is 4.79 Å². The number of rotatable bonds is 8. The van der Waals surface area contributed by atoms with Crippen molar-refractivity contribution in [1.29, 1.82) is 0 Å². The zero-order chi connectivity index (χ0) is 19.9. The highest BCUT2D eigenvalue weighted by Crippen LogP contribution is 2.24. The molecule has 0 aliphatic heterocycles. The van der Waals surface area contributed by atoms with Crippen LogP contribution in [0, 0.1) is 0 Å². The van der Waals surface area contributed by atoms with Crippen molar-refractivity contribution in [3.8, 4) is 5.75 Å². The molecule has 2 heterocycles. The summed E-state index contributed by atoms with van der Waals surface area (Å²) >= 11 is 0. The van der Waals surface area contributed by atoms with Crippen molar-refractivity contribution in [3.05, 3.63) is 65.6 Å². The van der Waals surface area contributed by atoms with E-state index in [0.29, 0.717) is 35.8 Å². The van der Waals surface area contributed by atoms with Gasteiger partial charge in [0, 0.05) is 18.6 Å². The second-order valence-electron chi connectivity index (χ2n) is 6.14. The van der Waals surface area contributed by atoms with Crippen LogP contribution >= 0.6 is 0 Å². The van der Waals surface area contributed by atoms with E-state index in [1.807, 2.05) is 43.3 Å². The zero-order valence-electron chi connectivity index (χ0n) is 15.9. The Kier molecular flexibility index (Phi) is 6.29. The van der Waals surface area contributed by atoms with Crippen LogP contribution in [0.1, 0.15) is 28.7 Å². The quantitative estimate of drug-likeness (QED) is 0.580. The summed E-state index contributed by atoms with van der Waals surface area (Å²) in [6.45, 7) is 3.02. The minimum Gasteiger partial charge on any atom is -0.489 e. The molecule has 146 valence electrons. The molecule has 0 aliphatic rings. The van der Waals surface area contributed by atoms with Gasteiger partial charge in [0.05, 0.1) is 24.4 Å². The van der Waals surface area contributed by atoms with Gasteiger partial charge in [-0.1, -0.05) is 12.2 Å². The van der Waals surface area contributed by atoms with Crippen LogP contribution in [0.4, 0.5) is 5.82 Å². The van der Waals surface area contributed by atoms with Crippen molar-refractivity contribution in [1.82, 2.24) is 10.3 Å². The van der Waals surface area contributed by atoms with Gasteiger partial charge in [-0.2, -0.15) is 0 Å². The second kappa shape index (κ2) is 9.05. The lowest BCUT2D eigenvalue weighted by molar-refractivity contribution is 0.0948. The molecule has 1 aromatic carbocycles. The Bertz CT molecular complexity index is 994. The topological polar surface area (TPSA) is 99.6 Å². The second-order valence-corrected chi connectivity index (χ2v) is 6.14. The molecule has 0 fully saturated rings. The van der Waals surface area contributed by atoms with Crippen LogP contribution in [0.25, 0.3) is 11.0 Å². The van der Waals surface area contributed by atoms with E-state index in [0.717, 1.165) is 11.1 Å². The lowest BCUT2D eigenvalue weighted by Gasteiger charge is -2.07. The van der Waals surface area contributed by atoms with Gasteiger partial charge in [0.1, 0.15) is 29.5 Å². The maximum absolute atomic E-state index is 12.4. The Morgan fingerprint density at radius 1 is 1.29 bits per heavy atom. The lowest BCUT2D eigenvalue weighted by Crippen LogP contribution is -2.24. The number of fused-ring (bicyclic) bond motifs is 1. The van der Waals surface area contributed by atoms with Crippen molar-refractivity contribution >= 4 is 22.7 Å². The number of allylic oxidation sites excluding steroid dienone is 1. The summed E-state index contributed by atoms with van der Waals surface area (Å²) in [5.41, 5.74) is 7.56. The number of methoxy groups -OCH3 is 1. The molecule has 1 amide bonds. The maximum Gasteiger partial charge on any atom is 0.255 e. The number of nitrogens with one attached hydrogen (secondary N) is 1. The summed E-state index contributed by atoms with van der Waals surface area (Å²) < 4.78 is 16.4. The number of benzene rings is 1. The number of aromatic nitrogens is 1. The van der Waals surface area contributed by atoms with Gasteiger partial charge >= 0.3 is 0 Å². The molecule has 0 saturated carbocycles. The van der Waals surface area contributed by atoms with Gasteiger partial charge in [-0.25, -0.2) is 4.98 Å². The van der Waals surface area contributed by atoms with Crippen LogP contribution in [0.5, 0.6) is 5.75 Å². The molecule has 0 bridgehead atoms. The van der Waals surface area contributed by atoms with Crippen molar-refractivity contribution in [2.45, 2.75) is 20.1 Å². The van der Waals surface area contributed by atoms with Gasteiger partial charge in [0.2, 0.25) is 0 Å². The molecule has 0 atom stereocenters. The summed E-state index contributed by atoms with van der Waals surface area (Å²) in [4.78, 5) is 16.6. The molecule has 0 saturated heterocycles. The Morgan fingerprint density at radius 2 is 2.14 bits per heavy atom. The molecule has 3 rings (SSSR count). The maximum atomic E-state index is 12.4. The number of nitrogens with zero attached hydrogens (tertiary/aromatic N) is 1. The Morgan fingerprint density at radius 3 is 2.89 bits per heavy atom. The van der Waals surface area contributed by atoms with Crippen LogP contribution in [0.3, 0.4) is 0 Å². The van der Waals surface area contributed by atoms with Crippen molar-refractivity contribution in [2.24, 2.45) is 0 Å². The van der Waals surface area contributed by atoms with E-state index in [2.05, 4.69) is 10.3 Å². The summed E-state index contributed by atoms with van der Waals surface area (Å²) in [6.07, 6.45) is 3.86. The van der Waals surface area contributed by atoms with Crippen LogP contribution in [0.2, 0.25) is 0 Å². The number of carbonyl (C=O) groups is 1. The number of nitrogen functional groups attached to an aromatic ring is 1. The van der Waals surface area contributed by atoms with E-state index in [-0.39, 0.29) is 18.3 Å². The highest BCUT2D eigenvalue weighted by atomic mass is 16.5. The fraction of sp³-hybridized carbons (Fsp3) is 0.238. The highest BCUT2D eigenvalue weighted by molar-refractivity contribution is 5.98. The minimum absolute atomic E-state index is 0.166. The van der Waals surface area contributed by atoms with E-state index < -0.39 is 0 Å². The number of nitrogens with two attached hydrogens (primary N) is 1. The minimum atomic E-state index is -0.315. The van der Waals surface area contributed by atoms with Crippen LogP contribution in [-0.4, -0.2) is 24.6 Å². The van der Waals surface area contributed by atoms with E-state index >= 15 is 0 Å². The average Bonchev–Trinajstić information content (AvgIpc) is 3.09. The normalized spacial score (nSPS) is 11.2. The number of furan rings is 1. The molecule has 3 N–H and O–H groups in total. The zero-order valence-corrected chi connectivity index (χ0v) is 15.9. The molecule has 0 aliphatic carbocycles. The Labute approximate surface area is 163 Å². The molecule has 0 radical (unpaired) electrons. The molecular weight excluding hydrogens is 358 g/mol. The fourth-order valence-corrected chi connectivity index (χ4v) is 2.68. The third-order valence-electron chi connectivity index (χ3n) is 4.07. The molecular formula is C21H23N3O4. The van der Waals surface area contributed by atoms with E-state index in [4.69, 9.17) is 19.6 Å². The summed E-state index contributed by atoms with van der Waals surface area (Å²) in [5.74, 6) is 1.21. The Balaban J connectivity index is 1.65. The monoisotopic (exact) mass is 381 g/mol. The molecule has 0 spiro atoms. The molecule has 3 aromatic rings. The van der Waals surface area contributed by atoms with Crippen molar-refractivity contribution in [3.63, 3.8) is 0 Å². The predicted molar refractivity (Wildman–Crippen MR) is 107 cm³/mol. The summed E-state index contributed by atoms with van der Waals surface area (Å²) in [5, 5.41) is 3.74. The first-order chi connectivity index (χ1) is 13.6.